The first kappa shape index (κ1) is 18.9. The summed E-state index contributed by atoms with van der Waals surface area (Å²) in [5.41, 5.74) is 3.58. The first-order chi connectivity index (χ1) is 14.0. The highest BCUT2D eigenvalue weighted by Gasteiger charge is 2.46. The lowest BCUT2D eigenvalue weighted by Gasteiger charge is -2.54. The molecule has 5 rings (SSSR count). The Labute approximate surface area is 178 Å². The summed E-state index contributed by atoms with van der Waals surface area (Å²) >= 11 is 12.2. The second-order valence-corrected chi connectivity index (χ2v) is 9.12. The summed E-state index contributed by atoms with van der Waals surface area (Å²) in [5.74, 6) is 0.0801. The Morgan fingerprint density at radius 3 is 2.41 bits per heavy atom. The Bertz CT molecular complexity index is 1050. The summed E-state index contributed by atoms with van der Waals surface area (Å²) in [5, 5.41) is 12.1. The molecule has 0 aliphatic carbocycles. The quantitative estimate of drug-likeness (QED) is 0.682. The van der Waals surface area contributed by atoms with E-state index < -0.39 is 0 Å². The van der Waals surface area contributed by atoms with Gasteiger partial charge in [-0.25, -0.2) is 0 Å². The van der Waals surface area contributed by atoms with Crippen molar-refractivity contribution in [2.75, 3.05) is 26.2 Å². The predicted octanol–water partition coefficient (Wildman–Crippen LogP) is 4.00. The molecule has 1 N–H and O–H groups in total. The van der Waals surface area contributed by atoms with Gasteiger partial charge in [-0.1, -0.05) is 23.2 Å². The minimum Gasteiger partial charge on any atom is -0.337 e. The zero-order valence-corrected chi connectivity index (χ0v) is 17.4. The highest BCUT2D eigenvalue weighted by Crippen LogP contribution is 2.41. The van der Waals surface area contributed by atoms with Gasteiger partial charge >= 0.3 is 0 Å². The number of amides is 1. The van der Waals surface area contributed by atoms with Crippen molar-refractivity contribution in [3.05, 3.63) is 57.6 Å². The maximum Gasteiger partial charge on any atom is 0.253 e. The number of likely N-dealkylation sites (tertiary alicyclic amines) is 2. The van der Waals surface area contributed by atoms with Gasteiger partial charge in [0.25, 0.3) is 5.91 Å². The van der Waals surface area contributed by atoms with Crippen LogP contribution in [-0.4, -0.2) is 57.3 Å². The van der Waals surface area contributed by atoms with Gasteiger partial charge in [0.05, 0.1) is 0 Å². The second-order valence-electron chi connectivity index (χ2n) is 8.24. The van der Waals surface area contributed by atoms with Crippen LogP contribution in [0.25, 0.3) is 11.0 Å². The molecule has 2 fully saturated rings. The van der Waals surface area contributed by atoms with Crippen LogP contribution in [0.4, 0.5) is 0 Å². The first-order valence-electron chi connectivity index (χ1n) is 9.77. The number of aromatic amines is 1. The van der Waals surface area contributed by atoms with Crippen molar-refractivity contribution < 1.29 is 4.79 Å². The molecular formula is C21H21Cl2N5O. The van der Waals surface area contributed by atoms with Crippen LogP contribution in [0.3, 0.4) is 0 Å². The zero-order valence-electron chi connectivity index (χ0n) is 15.9. The van der Waals surface area contributed by atoms with E-state index in [1.807, 2.05) is 35.2 Å². The monoisotopic (exact) mass is 429 g/mol. The second kappa shape index (κ2) is 7.27. The lowest BCUT2D eigenvalue weighted by atomic mass is 9.71. The number of carbonyl (C=O) groups excluding carboxylic acids is 1. The molecule has 0 saturated carbocycles. The number of nitrogens with zero attached hydrogens (tertiary/aromatic N) is 4. The van der Waals surface area contributed by atoms with Gasteiger partial charge < -0.3 is 4.90 Å². The van der Waals surface area contributed by atoms with Gasteiger partial charge in [0.2, 0.25) is 0 Å². The van der Waals surface area contributed by atoms with Crippen molar-refractivity contribution >= 4 is 40.1 Å². The van der Waals surface area contributed by atoms with Crippen LogP contribution in [0.2, 0.25) is 10.0 Å². The molecule has 0 unspecified atom stereocenters. The van der Waals surface area contributed by atoms with E-state index in [0.29, 0.717) is 15.6 Å². The number of rotatable bonds is 3. The third-order valence-corrected chi connectivity index (χ3v) is 6.58. The molecule has 0 atom stereocenters. The average molecular weight is 430 g/mol. The van der Waals surface area contributed by atoms with Gasteiger partial charge in [0.15, 0.2) is 0 Å². The summed E-state index contributed by atoms with van der Waals surface area (Å²) in [6.45, 7) is 4.57. The molecule has 1 spiro atoms. The summed E-state index contributed by atoms with van der Waals surface area (Å²) < 4.78 is 0. The van der Waals surface area contributed by atoms with Gasteiger partial charge in [0, 0.05) is 40.7 Å². The molecule has 29 heavy (non-hydrogen) atoms. The fourth-order valence-electron chi connectivity index (χ4n) is 4.53. The molecule has 8 heteroatoms. The number of carbonyl (C=O) groups is 1. The van der Waals surface area contributed by atoms with Crippen molar-refractivity contribution in [3.63, 3.8) is 0 Å². The molecule has 3 aromatic rings. The lowest BCUT2D eigenvalue weighted by molar-refractivity contribution is -0.0336. The highest BCUT2D eigenvalue weighted by molar-refractivity contribution is 6.34. The van der Waals surface area contributed by atoms with Gasteiger partial charge in [0.1, 0.15) is 11.0 Å². The Morgan fingerprint density at radius 1 is 1.00 bits per heavy atom. The standard InChI is InChI=1S/C21H21Cl2N5O/c22-16-7-14(8-17(23)10-16)11-27-5-3-21(4-6-27)12-28(13-21)20(29)15-1-2-18-19(9-15)25-26-24-18/h1-2,7-10H,3-6,11-13H2,(H,24,25,26). The molecule has 0 radical (unpaired) electrons. The van der Waals surface area contributed by atoms with E-state index in [-0.39, 0.29) is 11.3 Å². The van der Waals surface area contributed by atoms with Gasteiger partial charge in [-0.15, -0.1) is 0 Å². The molecule has 1 aromatic heterocycles. The molecular weight excluding hydrogens is 409 g/mol. The topological polar surface area (TPSA) is 65.1 Å². The number of hydrogen-bond donors (Lipinski definition) is 1. The van der Waals surface area contributed by atoms with E-state index in [1.54, 1.807) is 6.07 Å². The lowest BCUT2D eigenvalue weighted by Crippen LogP contribution is -2.61. The van der Waals surface area contributed by atoms with E-state index in [9.17, 15) is 4.79 Å². The van der Waals surface area contributed by atoms with Crippen LogP contribution in [0.1, 0.15) is 28.8 Å². The van der Waals surface area contributed by atoms with E-state index in [0.717, 1.165) is 62.2 Å². The normalized spacial score (nSPS) is 18.9. The van der Waals surface area contributed by atoms with Gasteiger partial charge in [-0.3, -0.25) is 9.69 Å². The fraction of sp³-hybridized carbons (Fsp3) is 0.381. The molecule has 0 bridgehead atoms. The summed E-state index contributed by atoms with van der Waals surface area (Å²) in [6.07, 6.45) is 2.21. The Hall–Kier alpha value is -2.15. The van der Waals surface area contributed by atoms with Crippen molar-refractivity contribution in [1.82, 2.24) is 25.2 Å². The minimum atomic E-state index is 0.0801. The van der Waals surface area contributed by atoms with Crippen LogP contribution < -0.4 is 0 Å². The van der Waals surface area contributed by atoms with Crippen molar-refractivity contribution in [1.29, 1.82) is 0 Å². The van der Waals surface area contributed by atoms with Crippen LogP contribution in [0.15, 0.2) is 36.4 Å². The van der Waals surface area contributed by atoms with E-state index >= 15 is 0 Å². The van der Waals surface area contributed by atoms with E-state index in [2.05, 4.69) is 20.3 Å². The molecule has 3 heterocycles. The molecule has 150 valence electrons. The molecule has 2 saturated heterocycles. The van der Waals surface area contributed by atoms with Crippen molar-refractivity contribution in [2.24, 2.45) is 5.41 Å². The zero-order chi connectivity index (χ0) is 20.0. The number of benzene rings is 2. The number of nitrogens with one attached hydrogen (secondary N) is 1. The maximum absolute atomic E-state index is 12.8. The third kappa shape index (κ3) is 3.72. The summed E-state index contributed by atoms with van der Waals surface area (Å²) in [7, 11) is 0. The minimum absolute atomic E-state index is 0.0801. The van der Waals surface area contributed by atoms with Crippen LogP contribution >= 0.6 is 23.2 Å². The third-order valence-electron chi connectivity index (χ3n) is 6.15. The van der Waals surface area contributed by atoms with Gasteiger partial charge in [-0.05, 0) is 67.9 Å². The number of H-pyrrole nitrogens is 1. The number of piperidine rings is 1. The molecule has 2 aliphatic heterocycles. The maximum atomic E-state index is 12.8. The van der Waals surface area contributed by atoms with Crippen LogP contribution in [0, 0.1) is 5.41 Å². The predicted molar refractivity (Wildman–Crippen MR) is 113 cm³/mol. The average Bonchev–Trinajstić information content (AvgIpc) is 3.13. The number of hydrogen-bond acceptors (Lipinski definition) is 4. The highest BCUT2D eigenvalue weighted by atomic mass is 35.5. The summed E-state index contributed by atoms with van der Waals surface area (Å²) in [4.78, 5) is 17.2. The molecule has 2 aromatic carbocycles. The first-order valence-corrected chi connectivity index (χ1v) is 10.5. The van der Waals surface area contributed by atoms with Crippen LogP contribution in [0.5, 0.6) is 0 Å². The molecule has 2 aliphatic rings. The van der Waals surface area contributed by atoms with Crippen LogP contribution in [-0.2, 0) is 6.54 Å². The van der Waals surface area contributed by atoms with Gasteiger partial charge in [-0.2, -0.15) is 15.4 Å². The molecule has 6 nitrogen and oxygen atoms in total. The number of halogens is 2. The smallest absolute Gasteiger partial charge is 0.253 e. The largest absolute Gasteiger partial charge is 0.337 e. The molecule has 1 amide bonds. The Balaban J connectivity index is 1.17. The summed E-state index contributed by atoms with van der Waals surface area (Å²) in [6, 6.07) is 11.2. The van der Waals surface area contributed by atoms with Crippen molar-refractivity contribution in [2.45, 2.75) is 19.4 Å². The van der Waals surface area contributed by atoms with E-state index in [4.69, 9.17) is 23.2 Å². The number of fused-ring (bicyclic) bond motifs is 1. The Morgan fingerprint density at radius 2 is 1.69 bits per heavy atom. The van der Waals surface area contributed by atoms with E-state index in [1.165, 1.54) is 0 Å². The van der Waals surface area contributed by atoms with Crippen molar-refractivity contribution in [3.8, 4) is 0 Å². The SMILES string of the molecule is O=C(c1ccc2n[nH]nc2c1)N1CC2(CCN(Cc3cc(Cl)cc(Cl)c3)CC2)C1. The number of aromatic nitrogens is 3. The fourth-order valence-corrected chi connectivity index (χ4v) is 5.10. The Kier molecular flexibility index (Phi) is 4.73.